The molecule has 0 spiro atoms. The Kier molecular flexibility index (Phi) is 17.0. The van der Waals surface area contributed by atoms with E-state index >= 15 is 0 Å². The average Bonchev–Trinajstić information content (AvgIpc) is 1.54. The SMILES string of the molecule is c1ccc(-c2cc(-c3ccccc3)cc(-c3nc(-c4ccc(-c5cccc(-n6c7ccccc7c7ccccc76)c5)cc4)nc(-c4ccc5c(c4)oc4ccccc45)n3)c2)cc1.c1ccc(-c2cccc(-c3nc(-c4ccc(-c5cccc(-n6c7ccccc7c7ccccc76)c5)cc4)nc(-c4ccc5c(c4)oc4ccccc45)n3)c2)cc1. The molecule has 0 fully saturated rings. The molecule has 0 aliphatic rings. The van der Waals surface area contributed by atoms with Crippen LogP contribution in [-0.2, 0) is 0 Å². The molecule has 118 heavy (non-hydrogen) atoms. The van der Waals surface area contributed by atoms with Crippen molar-refractivity contribution >= 4 is 87.5 Å². The van der Waals surface area contributed by atoms with E-state index in [1.165, 1.54) is 43.6 Å². The molecule has 10 nitrogen and oxygen atoms in total. The zero-order chi connectivity index (χ0) is 78.0. The van der Waals surface area contributed by atoms with Crippen LogP contribution in [0, 0.1) is 0 Å². The third-order valence-electron chi connectivity index (χ3n) is 22.5. The Balaban J connectivity index is 0.000000143. The maximum Gasteiger partial charge on any atom is 0.164 e. The highest BCUT2D eigenvalue weighted by atomic mass is 16.3. The van der Waals surface area contributed by atoms with Crippen LogP contribution in [0.1, 0.15) is 0 Å². The van der Waals surface area contributed by atoms with Gasteiger partial charge in [0.25, 0.3) is 0 Å². The Morgan fingerprint density at radius 1 is 0.144 bits per heavy atom. The first kappa shape index (κ1) is 68.7. The number of fused-ring (bicyclic) bond motifs is 12. The summed E-state index contributed by atoms with van der Waals surface area (Å²) in [6.45, 7) is 0. The van der Waals surface area contributed by atoms with E-state index in [1.54, 1.807) is 0 Å². The highest BCUT2D eigenvalue weighted by Gasteiger charge is 2.22. The summed E-state index contributed by atoms with van der Waals surface area (Å²) in [6, 6.07) is 144. The summed E-state index contributed by atoms with van der Waals surface area (Å²) in [5.74, 6) is 3.54. The average molecular weight is 1510 g/mol. The summed E-state index contributed by atoms with van der Waals surface area (Å²) < 4.78 is 17.3. The Morgan fingerprint density at radius 3 is 0.788 bits per heavy atom. The van der Waals surface area contributed by atoms with Gasteiger partial charge < -0.3 is 18.0 Å². The van der Waals surface area contributed by atoms with Gasteiger partial charge in [-0.05, 0) is 165 Å². The quantitative estimate of drug-likeness (QED) is 0.112. The first-order valence-electron chi connectivity index (χ1n) is 39.6. The first-order valence-corrected chi connectivity index (χ1v) is 39.6. The van der Waals surface area contributed by atoms with Gasteiger partial charge in [-0.3, -0.25) is 0 Å². The second kappa shape index (κ2) is 29.2. The molecule has 23 aromatic rings. The fraction of sp³-hybridized carbons (Fsp3) is 0. The number of benzene rings is 17. The van der Waals surface area contributed by atoms with Crippen molar-refractivity contribution in [1.82, 2.24) is 39.0 Å². The molecule has 10 heteroatoms. The van der Waals surface area contributed by atoms with Gasteiger partial charge in [-0.25, -0.2) is 29.9 Å². The predicted molar refractivity (Wildman–Crippen MR) is 483 cm³/mol. The molecule has 0 saturated heterocycles. The second-order valence-electron chi connectivity index (χ2n) is 29.7. The van der Waals surface area contributed by atoms with E-state index < -0.39 is 0 Å². The largest absolute Gasteiger partial charge is 0.456 e. The minimum atomic E-state index is 0.571. The zero-order valence-corrected chi connectivity index (χ0v) is 63.7. The molecule has 0 saturated carbocycles. The summed E-state index contributed by atoms with van der Waals surface area (Å²) in [5, 5.41) is 9.27. The Labute approximate surface area is 678 Å². The molecule has 0 N–H and O–H groups in total. The highest BCUT2D eigenvalue weighted by molar-refractivity contribution is 6.11. The van der Waals surface area contributed by atoms with E-state index in [2.05, 4.69) is 355 Å². The second-order valence-corrected chi connectivity index (χ2v) is 29.7. The third kappa shape index (κ3) is 12.7. The predicted octanol–water partition coefficient (Wildman–Crippen LogP) is 28.1. The summed E-state index contributed by atoms with van der Waals surface area (Å²) >= 11 is 0. The molecule has 0 unspecified atom stereocenters. The van der Waals surface area contributed by atoms with Crippen molar-refractivity contribution in [3.8, 4) is 135 Å². The molecule has 23 rings (SSSR count). The molecule has 17 aromatic carbocycles. The highest BCUT2D eigenvalue weighted by Crippen LogP contribution is 2.41. The lowest BCUT2D eigenvalue weighted by atomic mass is 9.96. The topological polar surface area (TPSA) is 113 Å². The lowest BCUT2D eigenvalue weighted by Gasteiger charge is -2.13. The van der Waals surface area contributed by atoms with E-state index in [0.29, 0.717) is 34.9 Å². The number of hydrogen-bond acceptors (Lipinski definition) is 8. The van der Waals surface area contributed by atoms with Crippen LogP contribution in [0.2, 0.25) is 0 Å². The molecular formula is C108H68N8O2. The summed E-state index contributed by atoms with van der Waals surface area (Å²) in [7, 11) is 0. The Bertz CT molecular complexity index is 7640. The van der Waals surface area contributed by atoms with Crippen molar-refractivity contribution < 1.29 is 8.83 Å². The van der Waals surface area contributed by atoms with Crippen LogP contribution in [0.3, 0.4) is 0 Å². The van der Waals surface area contributed by atoms with Gasteiger partial charge in [0.2, 0.25) is 0 Å². The first-order chi connectivity index (χ1) is 58.4. The van der Waals surface area contributed by atoms with E-state index in [0.717, 1.165) is 144 Å². The zero-order valence-electron chi connectivity index (χ0n) is 63.7. The summed E-state index contributed by atoms with van der Waals surface area (Å²) in [5.41, 5.74) is 26.7. The smallest absolute Gasteiger partial charge is 0.164 e. The molecular weight excluding hydrogens is 1440 g/mol. The van der Waals surface area contributed by atoms with Gasteiger partial charge in [-0.1, -0.05) is 303 Å². The number of aromatic nitrogens is 8. The standard InChI is InChI=1S/C57H36N4O.C51H32N4O/c1-3-14-37(15-4-1)43-32-44(38-16-5-2-6-17-38)34-45(33-43)57-59-55(58-56(60-57)42-30-31-50-49-22-9-12-25-53(49)62-54(50)36-42)40-28-26-39(27-29-40)41-18-13-19-46(35-41)61-51-23-10-7-20-47(51)48-21-8-11-24-52(48)61;1-2-12-33(13-3-1)36-14-10-16-38(30-36)50-52-49(53-51(54-50)39-28-29-44-43-20-6-9-23-47(43)56-48(44)32-39)35-26-24-34(25-27-35)37-15-11-17-40(31-37)55-45-21-7-4-18-41(45)42-19-5-8-22-46(42)55/h1-36H;1-32H. The number of rotatable bonds is 13. The van der Waals surface area contributed by atoms with Gasteiger partial charge in [0, 0.05) is 87.8 Å². The van der Waals surface area contributed by atoms with Gasteiger partial charge >= 0.3 is 0 Å². The maximum atomic E-state index is 6.33. The van der Waals surface area contributed by atoms with Gasteiger partial charge in [-0.15, -0.1) is 0 Å². The van der Waals surface area contributed by atoms with Crippen LogP contribution in [0.4, 0.5) is 0 Å². The molecule has 0 atom stereocenters. The number of nitrogens with zero attached hydrogens (tertiary/aromatic N) is 8. The molecule has 0 aliphatic carbocycles. The molecule has 0 bridgehead atoms. The van der Waals surface area contributed by atoms with Crippen LogP contribution >= 0.6 is 0 Å². The minimum absolute atomic E-state index is 0.571. The van der Waals surface area contributed by atoms with E-state index in [4.69, 9.17) is 38.7 Å². The molecule has 6 heterocycles. The van der Waals surface area contributed by atoms with Crippen LogP contribution in [0.5, 0.6) is 0 Å². The monoisotopic (exact) mass is 1510 g/mol. The normalized spacial score (nSPS) is 11.6. The summed E-state index contributed by atoms with van der Waals surface area (Å²) in [4.78, 5) is 30.8. The lowest BCUT2D eigenvalue weighted by molar-refractivity contribution is 0.668. The van der Waals surface area contributed by atoms with Crippen LogP contribution in [-0.4, -0.2) is 39.0 Å². The number of hydrogen-bond donors (Lipinski definition) is 0. The lowest BCUT2D eigenvalue weighted by Crippen LogP contribution is -2.00. The Morgan fingerprint density at radius 2 is 0.390 bits per heavy atom. The van der Waals surface area contributed by atoms with Gasteiger partial charge in [-0.2, -0.15) is 0 Å². The van der Waals surface area contributed by atoms with Crippen LogP contribution < -0.4 is 0 Å². The van der Waals surface area contributed by atoms with Crippen molar-refractivity contribution in [3.63, 3.8) is 0 Å². The maximum absolute atomic E-state index is 6.33. The van der Waals surface area contributed by atoms with E-state index in [1.807, 2.05) is 66.7 Å². The fourth-order valence-corrected chi connectivity index (χ4v) is 16.8. The van der Waals surface area contributed by atoms with Crippen LogP contribution in [0.15, 0.2) is 421 Å². The fourth-order valence-electron chi connectivity index (χ4n) is 16.8. The van der Waals surface area contributed by atoms with Crippen molar-refractivity contribution in [2.24, 2.45) is 0 Å². The third-order valence-corrected chi connectivity index (χ3v) is 22.5. The van der Waals surface area contributed by atoms with E-state index in [9.17, 15) is 0 Å². The minimum Gasteiger partial charge on any atom is -0.456 e. The van der Waals surface area contributed by atoms with Crippen molar-refractivity contribution in [3.05, 3.63) is 413 Å². The Hall–Kier alpha value is -16.0. The summed E-state index contributed by atoms with van der Waals surface area (Å²) in [6.07, 6.45) is 0. The molecule has 552 valence electrons. The van der Waals surface area contributed by atoms with Crippen molar-refractivity contribution in [1.29, 1.82) is 0 Å². The van der Waals surface area contributed by atoms with Gasteiger partial charge in [0.05, 0.1) is 22.1 Å². The molecule has 0 aliphatic heterocycles. The van der Waals surface area contributed by atoms with E-state index in [-0.39, 0.29) is 0 Å². The molecule has 6 aromatic heterocycles. The van der Waals surface area contributed by atoms with Crippen molar-refractivity contribution in [2.45, 2.75) is 0 Å². The molecule has 0 amide bonds. The van der Waals surface area contributed by atoms with Gasteiger partial charge in [0.1, 0.15) is 22.3 Å². The number of para-hydroxylation sites is 6. The van der Waals surface area contributed by atoms with Crippen molar-refractivity contribution in [2.75, 3.05) is 0 Å². The van der Waals surface area contributed by atoms with Gasteiger partial charge in [0.15, 0.2) is 34.9 Å². The number of furan rings is 2. The van der Waals surface area contributed by atoms with Crippen LogP contribution in [0.25, 0.3) is 223 Å². The molecule has 0 radical (unpaired) electrons.